The van der Waals surface area contributed by atoms with Crippen molar-refractivity contribution in [2.75, 3.05) is 13.7 Å². The van der Waals surface area contributed by atoms with E-state index in [9.17, 15) is 13.6 Å². The lowest BCUT2D eigenvalue weighted by Crippen LogP contribution is -2.50. The molecule has 0 amide bonds. The molecule has 6 heteroatoms. The second-order valence-electron chi connectivity index (χ2n) is 5.16. The normalized spacial score (nSPS) is 25.0. The van der Waals surface area contributed by atoms with Gasteiger partial charge in [-0.1, -0.05) is 6.92 Å². The van der Waals surface area contributed by atoms with Crippen LogP contribution in [-0.2, 0) is 9.53 Å². The first kappa shape index (κ1) is 16.2. The molecular weight excluding hydrogens is 296 g/mol. The molecule has 0 heterocycles. The first-order valence-corrected chi connectivity index (χ1v) is 7.84. The number of hydrogen-bond donors (Lipinski definition) is 1. The second-order valence-corrected chi connectivity index (χ2v) is 6.54. The lowest BCUT2D eigenvalue weighted by atomic mass is 9.98. The highest BCUT2D eigenvalue weighted by Gasteiger charge is 2.45. The molecule has 0 radical (unpaired) electrons. The maximum absolute atomic E-state index is 13.2. The van der Waals surface area contributed by atoms with Crippen LogP contribution in [0.1, 0.15) is 26.2 Å². The highest BCUT2D eigenvalue weighted by molar-refractivity contribution is 8.00. The molecule has 0 saturated heterocycles. The van der Waals surface area contributed by atoms with E-state index < -0.39 is 17.2 Å². The van der Waals surface area contributed by atoms with E-state index in [0.29, 0.717) is 24.3 Å². The standard InChI is InChI=1S/C15H19F2NO2S/c1-3-18-15(14(19)20-2)7-6-11(9-15)21-10-4-5-12(16)13(17)8-10/h4-5,8,11,18H,3,6-7,9H2,1-2H3. The second kappa shape index (κ2) is 6.75. The summed E-state index contributed by atoms with van der Waals surface area (Å²) in [5.74, 6) is -1.94. The van der Waals surface area contributed by atoms with Crippen LogP contribution in [0.3, 0.4) is 0 Å². The third kappa shape index (κ3) is 3.55. The summed E-state index contributed by atoms with van der Waals surface area (Å²) in [6.07, 6.45) is 2.14. The van der Waals surface area contributed by atoms with E-state index in [0.717, 1.165) is 12.5 Å². The molecule has 1 saturated carbocycles. The molecule has 3 nitrogen and oxygen atoms in total. The van der Waals surface area contributed by atoms with Gasteiger partial charge >= 0.3 is 5.97 Å². The number of carbonyl (C=O) groups excluding carboxylic acids is 1. The lowest BCUT2D eigenvalue weighted by Gasteiger charge is -2.27. The fraction of sp³-hybridized carbons (Fsp3) is 0.533. The van der Waals surface area contributed by atoms with E-state index in [1.807, 2.05) is 6.92 Å². The number of halogens is 2. The average Bonchev–Trinajstić information content (AvgIpc) is 2.87. The fourth-order valence-electron chi connectivity index (χ4n) is 2.80. The van der Waals surface area contributed by atoms with Gasteiger partial charge in [0.1, 0.15) is 5.54 Å². The predicted octanol–water partition coefficient (Wildman–Crippen LogP) is 3.13. The summed E-state index contributed by atoms with van der Waals surface area (Å²) in [7, 11) is 1.39. The number of esters is 1. The Morgan fingerprint density at radius 1 is 1.48 bits per heavy atom. The number of carbonyl (C=O) groups is 1. The highest BCUT2D eigenvalue weighted by atomic mass is 32.2. The molecule has 0 bridgehead atoms. The summed E-state index contributed by atoms with van der Waals surface area (Å²) in [5, 5.41) is 3.40. The average molecular weight is 315 g/mol. The molecule has 1 fully saturated rings. The van der Waals surface area contributed by atoms with E-state index in [1.54, 1.807) is 6.07 Å². The van der Waals surface area contributed by atoms with Crippen molar-refractivity contribution in [2.45, 2.75) is 41.9 Å². The van der Waals surface area contributed by atoms with Gasteiger partial charge in [0, 0.05) is 10.1 Å². The zero-order valence-corrected chi connectivity index (χ0v) is 12.9. The number of likely N-dealkylation sites (N-methyl/N-ethyl adjacent to an activating group) is 1. The first-order valence-electron chi connectivity index (χ1n) is 6.96. The largest absolute Gasteiger partial charge is 0.468 e. The van der Waals surface area contributed by atoms with Gasteiger partial charge in [0.25, 0.3) is 0 Å². The topological polar surface area (TPSA) is 38.3 Å². The van der Waals surface area contributed by atoms with E-state index in [2.05, 4.69) is 5.32 Å². The minimum Gasteiger partial charge on any atom is -0.468 e. The molecule has 0 aliphatic heterocycles. The Morgan fingerprint density at radius 3 is 2.86 bits per heavy atom. The molecule has 2 atom stereocenters. The van der Waals surface area contributed by atoms with Crippen LogP contribution in [0.5, 0.6) is 0 Å². The van der Waals surface area contributed by atoms with E-state index in [1.165, 1.54) is 24.9 Å². The summed E-state index contributed by atoms with van der Waals surface area (Å²) < 4.78 is 31.1. The number of benzene rings is 1. The Morgan fingerprint density at radius 2 is 2.24 bits per heavy atom. The van der Waals surface area contributed by atoms with E-state index >= 15 is 0 Å². The molecule has 1 aromatic rings. The molecule has 2 rings (SSSR count). The number of ether oxygens (including phenoxy) is 1. The van der Waals surface area contributed by atoms with Crippen molar-refractivity contribution in [1.82, 2.24) is 5.32 Å². The quantitative estimate of drug-likeness (QED) is 0.847. The Balaban J connectivity index is 2.06. The number of hydrogen-bond acceptors (Lipinski definition) is 4. The van der Waals surface area contributed by atoms with Gasteiger partial charge in [-0.2, -0.15) is 0 Å². The van der Waals surface area contributed by atoms with Crippen LogP contribution >= 0.6 is 11.8 Å². The number of methoxy groups -OCH3 is 1. The molecule has 116 valence electrons. The third-order valence-electron chi connectivity index (χ3n) is 3.75. The van der Waals surface area contributed by atoms with Gasteiger partial charge in [0.05, 0.1) is 7.11 Å². The summed E-state index contributed by atoms with van der Waals surface area (Å²) in [6.45, 7) is 2.62. The summed E-state index contributed by atoms with van der Waals surface area (Å²) >= 11 is 1.48. The summed E-state index contributed by atoms with van der Waals surface area (Å²) in [6, 6.07) is 3.89. The zero-order valence-electron chi connectivity index (χ0n) is 12.1. The van der Waals surface area contributed by atoms with Crippen molar-refractivity contribution >= 4 is 17.7 Å². The molecular formula is C15H19F2NO2S. The Hall–Kier alpha value is -1.14. The van der Waals surface area contributed by atoms with Crippen molar-refractivity contribution in [2.24, 2.45) is 0 Å². The Bertz CT molecular complexity index is 526. The third-order valence-corrected chi connectivity index (χ3v) is 5.02. The molecule has 1 aliphatic rings. The van der Waals surface area contributed by atoms with Crippen molar-refractivity contribution in [3.63, 3.8) is 0 Å². The number of nitrogens with one attached hydrogen (secondary N) is 1. The summed E-state index contributed by atoms with van der Waals surface area (Å²) in [4.78, 5) is 12.7. The molecule has 0 spiro atoms. The Kier molecular flexibility index (Phi) is 5.22. The van der Waals surface area contributed by atoms with Crippen LogP contribution in [0.25, 0.3) is 0 Å². The van der Waals surface area contributed by atoms with E-state index in [-0.39, 0.29) is 11.2 Å². The number of thioether (sulfide) groups is 1. The highest BCUT2D eigenvalue weighted by Crippen LogP contribution is 2.41. The Labute approximate surface area is 127 Å². The molecule has 1 aromatic carbocycles. The van der Waals surface area contributed by atoms with Crippen LogP contribution in [0.15, 0.2) is 23.1 Å². The maximum Gasteiger partial charge on any atom is 0.326 e. The summed E-state index contributed by atoms with van der Waals surface area (Å²) in [5.41, 5.74) is -0.653. The fourth-order valence-corrected chi connectivity index (χ4v) is 4.10. The molecule has 2 unspecified atom stereocenters. The van der Waals surface area contributed by atoms with Gasteiger partial charge in [0.15, 0.2) is 11.6 Å². The van der Waals surface area contributed by atoms with Crippen LogP contribution < -0.4 is 5.32 Å². The molecule has 0 aromatic heterocycles. The maximum atomic E-state index is 13.2. The SMILES string of the molecule is CCNC1(C(=O)OC)CCC(Sc2ccc(F)c(F)c2)C1. The minimum absolute atomic E-state index is 0.174. The van der Waals surface area contributed by atoms with Crippen molar-refractivity contribution in [1.29, 1.82) is 0 Å². The van der Waals surface area contributed by atoms with Crippen LogP contribution in [0.2, 0.25) is 0 Å². The van der Waals surface area contributed by atoms with Gasteiger partial charge in [-0.3, -0.25) is 4.79 Å². The molecule has 21 heavy (non-hydrogen) atoms. The van der Waals surface area contributed by atoms with Gasteiger partial charge in [0.2, 0.25) is 0 Å². The monoisotopic (exact) mass is 315 g/mol. The van der Waals surface area contributed by atoms with Gasteiger partial charge in [-0.15, -0.1) is 11.8 Å². The van der Waals surface area contributed by atoms with E-state index in [4.69, 9.17) is 4.74 Å². The van der Waals surface area contributed by atoms with Crippen LogP contribution in [0, 0.1) is 11.6 Å². The first-order chi connectivity index (χ1) is 10.0. The molecule has 1 N–H and O–H groups in total. The van der Waals surface area contributed by atoms with Crippen LogP contribution in [0.4, 0.5) is 8.78 Å². The van der Waals surface area contributed by atoms with Gasteiger partial charge in [-0.05, 0) is 44.0 Å². The van der Waals surface area contributed by atoms with Crippen molar-refractivity contribution in [3.05, 3.63) is 29.8 Å². The lowest BCUT2D eigenvalue weighted by molar-refractivity contribution is -0.148. The number of rotatable bonds is 5. The smallest absolute Gasteiger partial charge is 0.326 e. The zero-order chi connectivity index (χ0) is 15.5. The van der Waals surface area contributed by atoms with Gasteiger partial charge in [-0.25, -0.2) is 8.78 Å². The minimum atomic E-state index is -0.845. The van der Waals surface area contributed by atoms with Crippen molar-refractivity contribution < 1.29 is 18.3 Å². The predicted molar refractivity (Wildman–Crippen MR) is 78.3 cm³/mol. The van der Waals surface area contributed by atoms with Crippen LogP contribution in [-0.4, -0.2) is 30.4 Å². The van der Waals surface area contributed by atoms with Crippen molar-refractivity contribution in [3.8, 4) is 0 Å². The molecule has 1 aliphatic carbocycles. The van der Waals surface area contributed by atoms with Gasteiger partial charge < -0.3 is 10.1 Å².